The first kappa shape index (κ1) is 84.6. The van der Waals surface area contributed by atoms with Crippen LogP contribution in [-0.2, 0) is 57.5 Å². The fourth-order valence-corrected chi connectivity index (χ4v) is 17.8. The molecule has 7 fully saturated rings. The van der Waals surface area contributed by atoms with E-state index in [2.05, 4.69) is 22.9 Å². The molecule has 0 aromatic carbocycles. The van der Waals surface area contributed by atoms with Crippen molar-refractivity contribution in [2.75, 3.05) is 82.1 Å². The minimum Gasteiger partial charge on any atom is -0.344 e. The van der Waals surface area contributed by atoms with Gasteiger partial charge in [0.05, 0.1) is 26.1 Å². The first-order chi connectivity index (χ1) is 49.7. The Balaban J connectivity index is 1.20. The molecule has 106 heavy (non-hydrogen) atoms. The maximum absolute atomic E-state index is 16.3. The van der Waals surface area contributed by atoms with Crippen LogP contribution in [-0.4, -0.2) is 276 Å². The molecule has 1 spiro atoms. The van der Waals surface area contributed by atoms with Crippen LogP contribution in [0.15, 0.2) is 12.2 Å². The number of fused-ring (bicyclic) bond motifs is 3. The summed E-state index contributed by atoms with van der Waals surface area (Å²) in [4.78, 5) is 192. The highest BCUT2D eigenvalue weighted by Crippen LogP contribution is 2.50. The Morgan fingerprint density at radius 1 is 0.642 bits per heavy atom. The van der Waals surface area contributed by atoms with Crippen LogP contribution >= 0.6 is 0 Å². The van der Waals surface area contributed by atoms with Crippen LogP contribution in [0.25, 0.3) is 0 Å². The average Bonchev–Trinajstić information content (AvgIpc) is 0.829. The zero-order chi connectivity index (χ0) is 78.4. The molecule has 8 rings (SSSR count). The number of carbonyl (C=O) groups is 12. The number of nitrogens with one attached hydrogen (secondary N) is 3. The summed E-state index contributed by atoms with van der Waals surface area (Å²) in [6.45, 7) is 9.22. The second kappa shape index (κ2) is 35.5. The lowest BCUT2D eigenvalue weighted by Gasteiger charge is -2.54. The van der Waals surface area contributed by atoms with Crippen molar-refractivity contribution >= 4 is 70.9 Å². The summed E-state index contributed by atoms with van der Waals surface area (Å²) < 4.78 is 88.9. The smallest absolute Gasteiger partial charge is 0.344 e. The van der Waals surface area contributed by atoms with E-state index in [4.69, 9.17) is 0 Å². The highest BCUT2D eigenvalue weighted by Gasteiger charge is 2.60. The van der Waals surface area contributed by atoms with Gasteiger partial charge in [-0.15, -0.1) is 0 Å². The van der Waals surface area contributed by atoms with Crippen LogP contribution in [0.1, 0.15) is 189 Å². The van der Waals surface area contributed by atoms with Gasteiger partial charge in [-0.1, -0.05) is 105 Å². The molecule has 3 N–H and O–H groups in total. The Labute approximate surface area is 621 Å². The number of likely N-dealkylation sites (N-methyl/N-ethyl adjacent to an activating group) is 7. The molecular formula is C76H118F6N12O12. The maximum Gasteiger partial charge on any atom is 0.397 e. The number of hydrogen-bond donors (Lipinski definition) is 3. The van der Waals surface area contributed by atoms with Crippen molar-refractivity contribution in [3.05, 3.63) is 12.2 Å². The van der Waals surface area contributed by atoms with Gasteiger partial charge in [0.1, 0.15) is 78.3 Å². The quantitative estimate of drug-likeness (QED) is 0.139. The summed E-state index contributed by atoms with van der Waals surface area (Å²) in [5.74, 6) is -13.6. The highest BCUT2D eigenvalue weighted by atomic mass is 19.4. The molecule has 12 atom stereocenters. The zero-order valence-corrected chi connectivity index (χ0v) is 64.5. The molecule has 2 saturated heterocycles. The van der Waals surface area contributed by atoms with E-state index in [9.17, 15) is 37.1 Å². The van der Waals surface area contributed by atoms with Gasteiger partial charge in [-0.2, -0.15) is 13.2 Å². The molecule has 2 unspecified atom stereocenters. The molecule has 5 saturated carbocycles. The number of hydrogen-bond acceptors (Lipinski definition) is 12. The van der Waals surface area contributed by atoms with Crippen LogP contribution in [0.3, 0.4) is 0 Å². The van der Waals surface area contributed by atoms with Crippen molar-refractivity contribution in [2.24, 2.45) is 46.8 Å². The topological polar surface area (TPSA) is 270 Å². The van der Waals surface area contributed by atoms with Crippen molar-refractivity contribution in [2.45, 2.75) is 268 Å². The lowest BCUT2D eigenvalue weighted by molar-refractivity contribution is -0.219. The summed E-state index contributed by atoms with van der Waals surface area (Å²) in [5, 5.41) is 8.43. The third kappa shape index (κ3) is 20.1. The summed E-state index contributed by atoms with van der Waals surface area (Å²) >= 11 is 0. The average molecular weight is 1510 g/mol. The van der Waals surface area contributed by atoms with E-state index in [1.165, 1.54) is 73.8 Å². The largest absolute Gasteiger partial charge is 0.397 e. The third-order valence-corrected chi connectivity index (χ3v) is 24.6. The molecule has 30 heteroatoms. The number of amides is 12. The molecule has 3 heterocycles. The van der Waals surface area contributed by atoms with Crippen LogP contribution in [0, 0.1) is 46.8 Å². The minimum atomic E-state index is -5.20. The summed E-state index contributed by atoms with van der Waals surface area (Å²) in [7, 11) is 9.84. The second-order valence-electron chi connectivity index (χ2n) is 33.4. The van der Waals surface area contributed by atoms with E-state index in [0.717, 1.165) is 45.3 Å². The molecule has 0 aromatic rings. The van der Waals surface area contributed by atoms with E-state index in [1.54, 1.807) is 19.9 Å². The molecule has 5 aliphatic carbocycles. The molecule has 24 nitrogen and oxygen atoms in total. The number of halogens is 6. The Hall–Kier alpha value is -7.04. The fraction of sp³-hybridized carbons (Fsp3) is 0.816. The molecule has 0 aromatic heterocycles. The van der Waals surface area contributed by atoms with Gasteiger partial charge in [0.15, 0.2) is 0 Å². The predicted octanol–water partition coefficient (Wildman–Crippen LogP) is 6.52. The summed E-state index contributed by atoms with van der Waals surface area (Å²) in [6, 6.07) is -11.0. The van der Waals surface area contributed by atoms with E-state index in [1.807, 2.05) is 26.8 Å². The van der Waals surface area contributed by atoms with Gasteiger partial charge in [-0.25, -0.2) is 13.2 Å². The SMILES string of the molecule is CC[C@H](C)[C@@H]1NC(=O)[C@H](CC2CC2)N(C)C(=O)C[C@@H](C(=O)N(C)CC)N(C)C(=O)[C@H](C2CCCC2)N(C)C(=O)C2(CC(C)(C)C2)NC(=O)[C@@H]2C[C@@H](F)CN2C(=O)[C@H](CCC2CC(F)C(C(F)(F)F)C(F)C2)NC(=O)CN(C)C(=O)[C@H](CC2CCC(C)CC2)N2CC/C=C\C[C@@H](C2=O)N(C)C(=O)CN(C)C1=O. The Kier molecular flexibility index (Phi) is 28.4. The maximum atomic E-state index is 16.3. The molecule has 3 aliphatic heterocycles. The molecule has 2 bridgehead atoms. The van der Waals surface area contributed by atoms with Gasteiger partial charge in [0.2, 0.25) is 70.9 Å². The predicted molar refractivity (Wildman–Crippen MR) is 382 cm³/mol. The monoisotopic (exact) mass is 1500 g/mol. The third-order valence-electron chi connectivity index (χ3n) is 24.6. The minimum absolute atomic E-state index is 0.00164. The lowest BCUT2D eigenvalue weighted by Crippen LogP contribution is -2.71. The van der Waals surface area contributed by atoms with Gasteiger partial charge in [-0.3, -0.25) is 57.5 Å². The second-order valence-corrected chi connectivity index (χ2v) is 33.4. The normalized spacial score (nSPS) is 33.3. The zero-order valence-electron chi connectivity index (χ0n) is 64.5. The van der Waals surface area contributed by atoms with Crippen LogP contribution < -0.4 is 16.0 Å². The van der Waals surface area contributed by atoms with Crippen LogP contribution in [0.5, 0.6) is 0 Å². The highest BCUT2D eigenvalue weighted by molar-refractivity contribution is 6.01. The molecule has 596 valence electrons. The Morgan fingerprint density at radius 2 is 1.24 bits per heavy atom. The number of rotatable bonds is 12. The van der Waals surface area contributed by atoms with Crippen molar-refractivity contribution < 1.29 is 83.9 Å². The molecule has 8 aliphatic rings. The van der Waals surface area contributed by atoms with Crippen molar-refractivity contribution in [3.63, 3.8) is 0 Å². The fourth-order valence-electron chi connectivity index (χ4n) is 17.8. The number of nitrogens with zero attached hydrogens (tertiary/aromatic N) is 9. The first-order valence-corrected chi connectivity index (χ1v) is 38.7. The van der Waals surface area contributed by atoms with E-state index >= 15 is 46.7 Å². The summed E-state index contributed by atoms with van der Waals surface area (Å²) in [6.07, 6.45) is -4.40. The van der Waals surface area contributed by atoms with Gasteiger partial charge in [0, 0.05) is 68.8 Å². The van der Waals surface area contributed by atoms with E-state index in [0.29, 0.717) is 57.3 Å². The van der Waals surface area contributed by atoms with Crippen molar-refractivity contribution in [1.29, 1.82) is 0 Å². The Bertz CT molecular complexity index is 3220. The van der Waals surface area contributed by atoms with Crippen LogP contribution in [0.2, 0.25) is 0 Å². The van der Waals surface area contributed by atoms with Gasteiger partial charge in [-0.05, 0) is 125 Å². The number of carbonyl (C=O) groups excluding carboxylic acids is 12. The first-order valence-electron chi connectivity index (χ1n) is 38.7. The van der Waals surface area contributed by atoms with E-state index < -0.39 is 230 Å². The van der Waals surface area contributed by atoms with Crippen molar-refractivity contribution in [1.82, 2.24) is 60.0 Å². The molecule has 12 amide bonds. The Morgan fingerprint density at radius 3 is 1.81 bits per heavy atom. The lowest BCUT2D eigenvalue weighted by atomic mass is 9.58. The molecule has 0 radical (unpaired) electrons. The van der Waals surface area contributed by atoms with Crippen LogP contribution in [0.4, 0.5) is 26.3 Å². The van der Waals surface area contributed by atoms with Gasteiger partial charge >= 0.3 is 6.18 Å². The van der Waals surface area contributed by atoms with Gasteiger partial charge < -0.3 is 60.0 Å². The van der Waals surface area contributed by atoms with Gasteiger partial charge in [0.25, 0.3) is 0 Å². The number of alkyl halides is 6. The standard InChI is InChI=1S/C76H118F6N12O12/c1-14-45(4)63-71(104)88(9)41-61(97)89(10)54-23-17-16-20-32-93(70(54)103)58(36-46-26-24-44(3)25-27-46)69(102)87(8)40-59(95)83-53(31-30-48-33-51(78)62(52(79)34-48)76(80,81)82)67(100)94-39-50(77)37-56(94)66(99)85-75(42-74(5,6)43-75)73(106)92(13)64(49-21-18-19-22-49)72(105)91(12)57(68(101)86(7)15-2)38-60(96)90(11)55(65(98)84-63)35-47-28-29-47/h16-17,44-58,62-64H,14-15,18-43H2,1-13H3,(H,83,95)(H,84,98)(H,85,99)/b17-16-/t44?,45-,46?,48?,50+,51?,52?,53-,54-,55-,56-,57-,58-,62?,63-,64-/m0/s1. The van der Waals surface area contributed by atoms with E-state index in [-0.39, 0.29) is 63.5 Å². The molecular weight excluding hydrogens is 1390 g/mol. The van der Waals surface area contributed by atoms with Crippen molar-refractivity contribution in [3.8, 4) is 0 Å². The summed E-state index contributed by atoms with van der Waals surface area (Å²) in [5.41, 5.74) is -2.40.